The van der Waals surface area contributed by atoms with Gasteiger partial charge in [0.25, 0.3) is 0 Å². The fraction of sp³-hybridized carbons (Fsp3) is 0.600. The maximum atomic E-state index is 12.9. The van der Waals surface area contributed by atoms with Crippen molar-refractivity contribution in [3.8, 4) is 6.07 Å². The minimum Gasteiger partial charge on any atom is -0.369 e. The van der Waals surface area contributed by atoms with E-state index in [0.29, 0.717) is 23.7 Å². The van der Waals surface area contributed by atoms with E-state index in [4.69, 9.17) is 0 Å². The normalized spacial score (nSPS) is 29.4. The fourth-order valence-electron chi connectivity index (χ4n) is 4.79. The molecule has 4 nitrogen and oxygen atoms in total. The Morgan fingerprint density at radius 2 is 1.75 bits per heavy atom. The van der Waals surface area contributed by atoms with Crippen LogP contribution in [-0.4, -0.2) is 37.0 Å². The minimum absolute atomic E-state index is 0.324. The van der Waals surface area contributed by atoms with Gasteiger partial charge in [0.05, 0.1) is 11.3 Å². The number of carbonyl (C=O) groups excluding carboxylic acids is 1. The van der Waals surface area contributed by atoms with Gasteiger partial charge in [-0.05, 0) is 43.2 Å². The molecule has 0 aromatic heterocycles. The molecule has 24 heavy (non-hydrogen) atoms. The summed E-state index contributed by atoms with van der Waals surface area (Å²) < 4.78 is 0. The highest BCUT2D eigenvalue weighted by atomic mass is 16.2. The van der Waals surface area contributed by atoms with E-state index in [1.165, 1.54) is 25.7 Å². The lowest BCUT2D eigenvalue weighted by molar-refractivity contribution is -0.133. The largest absolute Gasteiger partial charge is 0.369 e. The average Bonchev–Trinajstić information content (AvgIpc) is 3.40. The molecule has 0 bridgehead atoms. The third-order valence-corrected chi connectivity index (χ3v) is 6.11. The van der Waals surface area contributed by atoms with Crippen LogP contribution in [0, 0.1) is 29.1 Å². The summed E-state index contributed by atoms with van der Waals surface area (Å²) in [6.07, 6.45) is 6.12. The van der Waals surface area contributed by atoms with Gasteiger partial charge in [-0.1, -0.05) is 25.0 Å². The molecule has 3 fully saturated rings. The second kappa shape index (κ2) is 6.47. The molecule has 2 atom stereocenters. The van der Waals surface area contributed by atoms with E-state index >= 15 is 0 Å². The van der Waals surface area contributed by atoms with Gasteiger partial charge in [0, 0.05) is 32.1 Å². The number of anilines is 1. The molecule has 1 aromatic rings. The van der Waals surface area contributed by atoms with Crippen LogP contribution < -0.4 is 4.90 Å². The molecule has 0 spiro atoms. The lowest BCUT2D eigenvalue weighted by Crippen LogP contribution is -2.36. The van der Waals surface area contributed by atoms with Crippen LogP contribution in [0.5, 0.6) is 0 Å². The summed E-state index contributed by atoms with van der Waals surface area (Å²) in [4.78, 5) is 17.3. The molecular weight excluding hydrogens is 298 g/mol. The van der Waals surface area contributed by atoms with Crippen LogP contribution in [0.2, 0.25) is 0 Å². The summed E-state index contributed by atoms with van der Waals surface area (Å²) in [5.74, 6) is 2.10. The van der Waals surface area contributed by atoms with Crippen molar-refractivity contribution in [2.75, 3.05) is 31.1 Å². The lowest BCUT2D eigenvalue weighted by atomic mass is 10.0. The number of nitriles is 1. The van der Waals surface area contributed by atoms with Crippen molar-refractivity contribution >= 4 is 11.6 Å². The first kappa shape index (κ1) is 15.5. The van der Waals surface area contributed by atoms with Gasteiger partial charge >= 0.3 is 0 Å². The number of amides is 1. The van der Waals surface area contributed by atoms with Crippen molar-refractivity contribution in [1.29, 1.82) is 5.26 Å². The Morgan fingerprint density at radius 3 is 2.50 bits per heavy atom. The molecular formula is C20H25N3O. The Hall–Kier alpha value is -2.02. The number of fused-ring (bicyclic) bond motifs is 1. The van der Waals surface area contributed by atoms with Gasteiger partial charge in [-0.3, -0.25) is 4.79 Å². The number of nitrogens with zero attached hydrogens (tertiary/aromatic N) is 3. The zero-order valence-corrected chi connectivity index (χ0v) is 14.2. The zero-order chi connectivity index (χ0) is 16.5. The average molecular weight is 323 g/mol. The lowest BCUT2D eigenvalue weighted by Gasteiger charge is -2.24. The van der Waals surface area contributed by atoms with Crippen molar-refractivity contribution < 1.29 is 4.79 Å². The molecule has 1 amide bonds. The van der Waals surface area contributed by atoms with Crippen LogP contribution in [0.4, 0.5) is 5.69 Å². The SMILES string of the molecule is N#Cc1ccccc1N1CCCN(C(=O)C2C3CCCCC32)CC1. The third-order valence-electron chi connectivity index (χ3n) is 6.11. The van der Waals surface area contributed by atoms with Crippen molar-refractivity contribution in [2.24, 2.45) is 17.8 Å². The van der Waals surface area contributed by atoms with Crippen molar-refractivity contribution in [3.63, 3.8) is 0 Å². The van der Waals surface area contributed by atoms with Gasteiger partial charge in [0.15, 0.2) is 0 Å². The van der Waals surface area contributed by atoms with Crippen LogP contribution in [0.25, 0.3) is 0 Å². The molecule has 126 valence electrons. The maximum absolute atomic E-state index is 12.9. The first-order valence-corrected chi connectivity index (χ1v) is 9.32. The van der Waals surface area contributed by atoms with E-state index in [1.807, 2.05) is 24.3 Å². The molecule has 1 aliphatic heterocycles. The van der Waals surface area contributed by atoms with E-state index in [2.05, 4.69) is 15.9 Å². The first-order valence-electron chi connectivity index (χ1n) is 9.32. The molecule has 3 aliphatic rings. The van der Waals surface area contributed by atoms with Gasteiger partial charge in [-0.2, -0.15) is 5.26 Å². The summed E-state index contributed by atoms with van der Waals surface area (Å²) in [6, 6.07) is 10.1. The number of rotatable bonds is 2. The summed E-state index contributed by atoms with van der Waals surface area (Å²) in [5, 5.41) is 9.32. The molecule has 4 heteroatoms. The Kier molecular flexibility index (Phi) is 4.18. The van der Waals surface area contributed by atoms with Crippen molar-refractivity contribution in [3.05, 3.63) is 29.8 Å². The second-order valence-corrected chi connectivity index (χ2v) is 7.43. The Morgan fingerprint density at radius 1 is 1.00 bits per heavy atom. The monoisotopic (exact) mass is 323 g/mol. The number of benzene rings is 1. The van der Waals surface area contributed by atoms with Crippen LogP contribution in [0.15, 0.2) is 24.3 Å². The molecule has 2 unspecified atom stereocenters. The highest BCUT2D eigenvalue weighted by molar-refractivity contribution is 5.82. The smallest absolute Gasteiger partial charge is 0.226 e. The van der Waals surface area contributed by atoms with Gasteiger partial charge < -0.3 is 9.80 Å². The molecule has 2 saturated carbocycles. The van der Waals surface area contributed by atoms with Crippen LogP contribution in [0.1, 0.15) is 37.7 Å². The molecule has 1 saturated heterocycles. The van der Waals surface area contributed by atoms with Gasteiger partial charge in [-0.15, -0.1) is 0 Å². The summed E-state index contributed by atoms with van der Waals surface area (Å²) in [6.45, 7) is 3.39. The van der Waals surface area contributed by atoms with Crippen LogP contribution in [0.3, 0.4) is 0 Å². The molecule has 2 aliphatic carbocycles. The quantitative estimate of drug-likeness (QED) is 0.840. The van der Waals surface area contributed by atoms with E-state index in [0.717, 1.165) is 43.9 Å². The third kappa shape index (κ3) is 2.77. The topological polar surface area (TPSA) is 47.3 Å². The Balaban J connectivity index is 1.41. The number of carbonyl (C=O) groups is 1. The van der Waals surface area contributed by atoms with Gasteiger partial charge in [0.2, 0.25) is 5.91 Å². The van der Waals surface area contributed by atoms with Crippen LogP contribution in [-0.2, 0) is 4.79 Å². The van der Waals surface area contributed by atoms with E-state index in [-0.39, 0.29) is 0 Å². The van der Waals surface area contributed by atoms with Gasteiger partial charge in [0.1, 0.15) is 6.07 Å². The first-order chi connectivity index (χ1) is 11.8. The van der Waals surface area contributed by atoms with Crippen molar-refractivity contribution in [2.45, 2.75) is 32.1 Å². The number of para-hydroxylation sites is 1. The highest BCUT2D eigenvalue weighted by Crippen LogP contribution is 2.56. The predicted molar refractivity (Wildman–Crippen MR) is 93.5 cm³/mol. The number of hydrogen-bond acceptors (Lipinski definition) is 3. The van der Waals surface area contributed by atoms with E-state index in [1.54, 1.807) is 0 Å². The molecule has 1 aromatic carbocycles. The minimum atomic E-state index is 0.324. The molecule has 0 N–H and O–H groups in total. The fourth-order valence-corrected chi connectivity index (χ4v) is 4.79. The molecule has 0 radical (unpaired) electrons. The number of hydrogen-bond donors (Lipinski definition) is 0. The molecule has 1 heterocycles. The van der Waals surface area contributed by atoms with Crippen molar-refractivity contribution in [1.82, 2.24) is 4.90 Å². The second-order valence-electron chi connectivity index (χ2n) is 7.43. The molecule has 4 rings (SSSR count). The maximum Gasteiger partial charge on any atom is 0.226 e. The Bertz CT molecular complexity index is 653. The van der Waals surface area contributed by atoms with Crippen LogP contribution >= 0.6 is 0 Å². The summed E-state index contributed by atoms with van der Waals surface area (Å²) in [5.41, 5.74) is 1.74. The zero-order valence-electron chi connectivity index (χ0n) is 14.2. The highest BCUT2D eigenvalue weighted by Gasteiger charge is 2.55. The standard InChI is InChI=1S/C20H25N3O/c21-14-15-6-1-4-9-18(15)22-10-5-11-23(13-12-22)20(24)19-16-7-2-3-8-17(16)19/h1,4,6,9,16-17,19H,2-3,5,7-8,10-13H2. The van der Waals surface area contributed by atoms with E-state index in [9.17, 15) is 10.1 Å². The summed E-state index contributed by atoms with van der Waals surface area (Å²) >= 11 is 0. The summed E-state index contributed by atoms with van der Waals surface area (Å²) in [7, 11) is 0. The Labute approximate surface area is 144 Å². The predicted octanol–water partition coefficient (Wildman–Crippen LogP) is 3.03. The van der Waals surface area contributed by atoms with E-state index < -0.39 is 0 Å². The van der Waals surface area contributed by atoms with Gasteiger partial charge in [-0.25, -0.2) is 0 Å².